The molecule has 0 bridgehead atoms. The number of hydrogen-bond acceptors (Lipinski definition) is 4. The van der Waals surface area contributed by atoms with Crippen LogP contribution < -0.4 is 33.5 Å². The van der Waals surface area contributed by atoms with E-state index in [0.717, 1.165) is 0 Å². The molecule has 0 spiro atoms. The van der Waals surface area contributed by atoms with E-state index in [4.69, 9.17) is 19.2 Å². The summed E-state index contributed by atoms with van der Waals surface area (Å²) in [4.78, 5) is 25.6. The van der Waals surface area contributed by atoms with Crippen LogP contribution in [0.1, 0.15) is 0 Å². The minimum absolute atomic E-state index is 0. The summed E-state index contributed by atoms with van der Waals surface area (Å²) in [6.45, 7) is 0. The maximum absolute atomic E-state index is 8.55. The number of rotatable bonds is 0. The van der Waals surface area contributed by atoms with Crippen LogP contribution in [-0.4, -0.2) is 40.4 Å². The Balaban J connectivity index is -0.0000000133. The summed E-state index contributed by atoms with van der Waals surface area (Å²) in [5, 5.41) is 0. The Bertz CT molecular complexity index is 66.7. The summed E-state index contributed by atoms with van der Waals surface area (Å²) in [7, 11) is -5.39. The van der Waals surface area contributed by atoms with Gasteiger partial charge in [-0.2, -0.15) is 7.82 Å². The third-order valence-electron chi connectivity index (χ3n) is 0. The summed E-state index contributed by atoms with van der Waals surface area (Å²) in [5.74, 6) is 0. The van der Waals surface area contributed by atoms with Gasteiger partial charge >= 0.3 is 81.0 Å². The minimum Gasteiger partial charge on any atom is -0.822 e. The average molecular weight is 201 g/mol. The van der Waals surface area contributed by atoms with Gasteiger partial charge in [0.15, 0.2) is 0 Å². The second kappa shape index (κ2) is 13.3. The topological polar surface area (TPSA) is 86.2 Å². The summed E-state index contributed by atoms with van der Waals surface area (Å²) in [5.41, 5.74) is 0. The number of hydrogen-bond donors (Lipinski definition) is 0. The quantitative estimate of drug-likeness (QED) is 0.288. The molecular formula is AlLiMgO4PTi+7. The first-order chi connectivity index (χ1) is 2.00. The Kier molecular flexibility index (Phi) is 44.1. The summed E-state index contributed by atoms with van der Waals surface area (Å²) < 4.78 is 8.55. The molecular weight excluding hydrogens is 201 g/mol. The van der Waals surface area contributed by atoms with E-state index in [0.29, 0.717) is 0 Å². The normalized spacial score (nSPS) is 6.56. The Labute approximate surface area is 107 Å². The molecule has 0 radical (unpaired) electrons. The average Bonchev–Trinajstić information content (AvgIpc) is 0.722. The molecule has 0 heterocycles. The fourth-order valence-electron chi connectivity index (χ4n) is 0. The van der Waals surface area contributed by atoms with Crippen molar-refractivity contribution in [1.82, 2.24) is 0 Å². The van der Waals surface area contributed by atoms with Crippen molar-refractivity contribution in [1.29, 1.82) is 0 Å². The molecule has 0 fully saturated rings. The van der Waals surface area contributed by atoms with Crippen LogP contribution in [0.4, 0.5) is 0 Å². The molecule has 0 aromatic rings. The molecule has 0 unspecified atom stereocenters. The van der Waals surface area contributed by atoms with Crippen molar-refractivity contribution in [3.05, 3.63) is 0 Å². The molecule has 9 heteroatoms. The van der Waals surface area contributed by atoms with Gasteiger partial charge in [-0.25, -0.2) is 0 Å². The molecule has 0 N–H and O–H groups in total. The van der Waals surface area contributed by atoms with Gasteiger partial charge in [0, 0.05) is 0 Å². The zero-order valence-electron chi connectivity index (χ0n) is 4.86. The smallest absolute Gasteiger partial charge is 0.822 e. The maximum atomic E-state index is 8.55. The Morgan fingerprint density at radius 2 is 1.11 bits per heavy atom. The standard InChI is InChI=1S/Al.Li.Mg.H3O4P.Ti/c;;;1-5(2,3)4;/h;;;(H3,1,2,3,4);/q+3;+1;+2;;+4/p-3. The molecule has 0 amide bonds. The van der Waals surface area contributed by atoms with Crippen LogP contribution in [0.15, 0.2) is 0 Å². The monoisotopic (exact) mass is 201 g/mol. The molecule has 9 heavy (non-hydrogen) atoms. The third-order valence-corrected chi connectivity index (χ3v) is 0. The molecule has 32 valence electrons. The molecule has 0 aliphatic rings. The Morgan fingerprint density at radius 1 is 1.11 bits per heavy atom. The summed E-state index contributed by atoms with van der Waals surface area (Å²) >= 11 is 0. The fourth-order valence-corrected chi connectivity index (χ4v) is 0. The molecule has 0 aromatic heterocycles. The maximum Gasteiger partial charge on any atom is 4.00 e. The van der Waals surface area contributed by atoms with E-state index in [2.05, 4.69) is 0 Å². The van der Waals surface area contributed by atoms with Crippen molar-refractivity contribution >= 4 is 48.2 Å². The molecule has 0 aliphatic carbocycles. The SMILES string of the molecule is O=P([O-])([O-])[O-].[Al+3].[Li+].[Mg+2].[Ti+4]. The molecule has 0 aliphatic heterocycles. The molecule has 0 saturated carbocycles. The Hall–Kier alpha value is 2.72. The first-order valence-corrected chi connectivity index (χ1v) is 2.19. The van der Waals surface area contributed by atoms with E-state index in [1.807, 2.05) is 0 Å². The largest absolute Gasteiger partial charge is 4.00 e. The van der Waals surface area contributed by atoms with Crippen LogP contribution in [0.5, 0.6) is 0 Å². The van der Waals surface area contributed by atoms with Gasteiger partial charge in [0.1, 0.15) is 0 Å². The second-order valence-electron chi connectivity index (χ2n) is 0.447. The van der Waals surface area contributed by atoms with Crippen LogP contribution in [0.3, 0.4) is 0 Å². The number of phosphoric acid groups is 1. The van der Waals surface area contributed by atoms with Gasteiger partial charge in [-0.15, -0.1) is 0 Å². The first kappa shape index (κ1) is 29.8. The van der Waals surface area contributed by atoms with Crippen molar-refractivity contribution < 1.29 is 59.8 Å². The molecule has 0 atom stereocenters. The van der Waals surface area contributed by atoms with Gasteiger partial charge in [0.2, 0.25) is 0 Å². The van der Waals surface area contributed by atoms with Crippen LogP contribution in [0.25, 0.3) is 0 Å². The molecule has 0 saturated heterocycles. The first-order valence-electron chi connectivity index (χ1n) is 0.730. The third kappa shape index (κ3) is 110. The van der Waals surface area contributed by atoms with E-state index >= 15 is 0 Å². The summed E-state index contributed by atoms with van der Waals surface area (Å²) in [6.07, 6.45) is 0. The zero-order valence-corrected chi connectivity index (χ0v) is 9.89. The minimum atomic E-state index is -5.39. The van der Waals surface area contributed by atoms with Crippen LogP contribution in [0, 0.1) is 0 Å². The summed E-state index contributed by atoms with van der Waals surface area (Å²) in [6, 6.07) is 0. The van der Waals surface area contributed by atoms with Crippen molar-refractivity contribution in [3.63, 3.8) is 0 Å². The fraction of sp³-hybridized carbons (Fsp3) is 0. The van der Waals surface area contributed by atoms with Gasteiger partial charge in [-0.1, -0.05) is 0 Å². The van der Waals surface area contributed by atoms with Crippen LogP contribution >= 0.6 is 7.82 Å². The van der Waals surface area contributed by atoms with E-state index < -0.39 is 7.82 Å². The van der Waals surface area contributed by atoms with Gasteiger partial charge in [0.05, 0.1) is 0 Å². The van der Waals surface area contributed by atoms with Crippen molar-refractivity contribution in [2.75, 3.05) is 0 Å². The van der Waals surface area contributed by atoms with Crippen LogP contribution in [0.2, 0.25) is 0 Å². The van der Waals surface area contributed by atoms with Crippen molar-refractivity contribution in [2.24, 2.45) is 0 Å². The zero-order chi connectivity index (χ0) is 4.50. The van der Waals surface area contributed by atoms with Crippen molar-refractivity contribution in [3.8, 4) is 0 Å². The van der Waals surface area contributed by atoms with Gasteiger partial charge in [-0.05, 0) is 0 Å². The molecule has 0 aromatic carbocycles. The van der Waals surface area contributed by atoms with Gasteiger partial charge in [-0.3, -0.25) is 0 Å². The Morgan fingerprint density at radius 3 is 1.11 bits per heavy atom. The van der Waals surface area contributed by atoms with Gasteiger partial charge < -0.3 is 19.2 Å². The van der Waals surface area contributed by atoms with E-state index in [1.54, 1.807) is 0 Å². The predicted molar refractivity (Wildman–Crippen MR) is 19.1 cm³/mol. The van der Waals surface area contributed by atoms with E-state index in [9.17, 15) is 0 Å². The van der Waals surface area contributed by atoms with Crippen LogP contribution in [-0.2, 0) is 26.3 Å². The van der Waals surface area contributed by atoms with Gasteiger partial charge in [0.25, 0.3) is 0 Å². The molecule has 4 nitrogen and oxygen atoms in total. The molecule has 0 rings (SSSR count). The van der Waals surface area contributed by atoms with E-state index in [-0.39, 0.29) is 81.0 Å². The second-order valence-corrected chi connectivity index (χ2v) is 1.34. The van der Waals surface area contributed by atoms with Crippen molar-refractivity contribution in [2.45, 2.75) is 0 Å². The van der Waals surface area contributed by atoms with E-state index in [1.165, 1.54) is 0 Å². The predicted octanol–water partition coefficient (Wildman–Crippen LogP) is -6.58.